The second-order valence-corrected chi connectivity index (χ2v) is 4.78. The summed E-state index contributed by atoms with van der Waals surface area (Å²) >= 11 is 0. The molecule has 0 spiro atoms. The van der Waals surface area contributed by atoms with Gasteiger partial charge in [-0.1, -0.05) is 0 Å². The summed E-state index contributed by atoms with van der Waals surface area (Å²) in [5.74, 6) is 1.42. The van der Waals surface area contributed by atoms with Crippen molar-refractivity contribution < 1.29 is 0 Å². The number of hydrogen-bond donors (Lipinski definition) is 2. The van der Waals surface area contributed by atoms with Crippen molar-refractivity contribution in [2.45, 2.75) is 6.42 Å². The number of nitrogens with two attached hydrogens (primary N) is 1. The lowest BCUT2D eigenvalue weighted by molar-refractivity contribution is 0.724. The predicted octanol–water partition coefficient (Wildman–Crippen LogP) is -0.0841. The molecule has 3 rings (SSSR count). The molecule has 0 radical (unpaired) electrons. The highest BCUT2D eigenvalue weighted by Crippen LogP contribution is 2.26. The van der Waals surface area contributed by atoms with Crippen molar-refractivity contribution in [1.29, 1.82) is 5.26 Å². The van der Waals surface area contributed by atoms with E-state index >= 15 is 0 Å². The van der Waals surface area contributed by atoms with E-state index in [9.17, 15) is 5.26 Å². The molecule has 3 heterocycles. The van der Waals surface area contributed by atoms with E-state index in [1.165, 1.54) is 4.68 Å². The first-order valence-electron chi connectivity index (χ1n) is 6.83. The third-order valence-electron chi connectivity index (χ3n) is 3.43. The van der Waals surface area contributed by atoms with E-state index in [2.05, 4.69) is 31.6 Å². The van der Waals surface area contributed by atoms with Crippen LogP contribution >= 0.6 is 0 Å². The summed E-state index contributed by atoms with van der Waals surface area (Å²) in [6, 6.07) is 5.66. The molecule has 0 bridgehead atoms. The monoisotopic (exact) mass is 284 g/mol. The third-order valence-corrected chi connectivity index (χ3v) is 3.43. The zero-order valence-corrected chi connectivity index (χ0v) is 11.5. The molecule has 21 heavy (non-hydrogen) atoms. The Balaban J connectivity index is 2.03. The Kier molecular flexibility index (Phi) is 3.66. The standard InChI is InChI=1S/C13H16N8/c14-9-10-12(15)21(11-3-1-5-17-18-11)19-13(10)20-7-2-4-16-6-8-20/h1,3,5,16H,2,4,6-8,15H2. The number of hydrogen-bond acceptors (Lipinski definition) is 7. The fraction of sp³-hybridized carbons (Fsp3) is 0.385. The van der Waals surface area contributed by atoms with E-state index in [-0.39, 0.29) is 0 Å². The van der Waals surface area contributed by atoms with E-state index in [0.717, 1.165) is 32.6 Å². The summed E-state index contributed by atoms with van der Waals surface area (Å²) in [4.78, 5) is 2.09. The van der Waals surface area contributed by atoms with Crippen molar-refractivity contribution in [3.8, 4) is 11.9 Å². The molecule has 8 nitrogen and oxygen atoms in total. The van der Waals surface area contributed by atoms with Crippen LogP contribution in [0.4, 0.5) is 11.6 Å². The second-order valence-electron chi connectivity index (χ2n) is 4.78. The largest absolute Gasteiger partial charge is 0.382 e. The lowest BCUT2D eigenvalue weighted by Gasteiger charge is -2.19. The highest BCUT2D eigenvalue weighted by atomic mass is 15.4. The highest BCUT2D eigenvalue weighted by Gasteiger charge is 2.22. The van der Waals surface area contributed by atoms with Crippen LogP contribution in [0.1, 0.15) is 12.0 Å². The van der Waals surface area contributed by atoms with Crippen LogP contribution in [0.3, 0.4) is 0 Å². The zero-order chi connectivity index (χ0) is 14.7. The van der Waals surface area contributed by atoms with Gasteiger partial charge >= 0.3 is 0 Å². The highest BCUT2D eigenvalue weighted by molar-refractivity contribution is 5.66. The summed E-state index contributed by atoms with van der Waals surface area (Å²) in [5.41, 5.74) is 6.45. The van der Waals surface area contributed by atoms with Crippen molar-refractivity contribution >= 4 is 11.6 Å². The molecule has 1 aliphatic rings. The Morgan fingerprint density at radius 3 is 3.00 bits per heavy atom. The van der Waals surface area contributed by atoms with Crippen LogP contribution < -0.4 is 16.0 Å². The number of aromatic nitrogens is 4. The molecule has 2 aromatic rings. The van der Waals surface area contributed by atoms with Gasteiger partial charge in [-0.2, -0.15) is 15.0 Å². The van der Waals surface area contributed by atoms with Crippen LogP contribution in [-0.2, 0) is 0 Å². The SMILES string of the molecule is N#Cc1c(N2CCCNCC2)nn(-c2cccnn2)c1N. The second kappa shape index (κ2) is 5.76. The normalized spacial score (nSPS) is 15.5. The summed E-state index contributed by atoms with van der Waals surface area (Å²) < 4.78 is 1.47. The van der Waals surface area contributed by atoms with Crippen LogP contribution in [0.2, 0.25) is 0 Å². The van der Waals surface area contributed by atoms with E-state index in [1.54, 1.807) is 18.3 Å². The number of nitrogens with one attached hydrogen (secondary N) is 1. The Hall–Kier alpha value is -2.66. The number of nitrogens with zero attached hydrogens (tertiary/aromatic N) is 6. The molecule has 0 unspecified atom stereocenters. The minimum absolute atomic E-state index is 0.296. The maximum absolute atomic E-state index is 9.40. The Morgan fingerprint density at radius 1 is 1.33 bits per heavy atom. The van der Waals surface area contributed by atoms with Crippen LogP contribution in [0.5, 0.6) is 0 Å². The van der Waals surface area contributed by atoms with Crippen LogP contribution in [0.25, 0.3) is 5.82 Å². The summed E-state index contributed by atoms with van der Waals surface area (Å²) in [6.07, 6.45) is 2.58. The number of rotatable bonds is 2. The topological polar surface area (TPSA) is 109 Å². The molecule has 2 aromatic heterocycles. The van der Waals surface area contributed by atoms with Gasteiger partial charge in [0.1, 0.15) is 17.5 Å². The molecule has 3 N–H and O–H groups in total. The van der Waals surface area contributed by atoms with Crippen molar-refractivity contribution in [2.24, 2.45) is 0 Å². The van der Waals surface area contributed by atoms with Crippen molar-refractivity contribution in [2.75, 3.05) is 36.8 Å². The van der Waals surface area contributed by atoms with Crippen LogP contribution in [0, 0.1) is 11.3 Å². The average molecular weight is 284 g/mol. The fourth-order valence-corrected chi connectivity index (χ4v) is 2.39. The first-order chi connectivity index (χ1) is 10.3. The molecule has 8 heteroatoms. The Labute approximate surface area is 122 Å². The van der Waals surface area contributed by atoms with E-state index in [1.807, 2.05) is 0 Å². The van der Waals surface area contributed by atoms with E-state index in [4.69, 9.17) is 5.73 Å². The Bertz CT molecular complexity index is 649. The van der Waals surface area contributed by atoms with E-state index < -0.39 is 0 Å². The van der Waals surface area contributed by atoms with Gasteiger partial charge in [0.05, 0.1) is 0 Å². The van der Waals surface area contributed by atoms with Gasteiger partial charge < -0.3 is 16.0 Å². The molecule has 0 amide bonds. The Morgan fingerprint density at radius 2 is 2.24 bits per heavy atom. The van der Waals surface area contributed by atoms with Gasteiger partial charge in [0.15, 0.2) is 11.6 Å². The predicted molar refractivity (Wildman–Crippen MR) is 78.0 cm³/mol. The van der Waals surface area contributed by atoms with Gasteiger partial charge in [0.2, 0.25) is 0 Å². The molecule has 0 atom stereocenters. The molecular weight excluding hydrogens is 268 g/mol. The molecule has 1 saturated heterocycles. The first kappa shape index (κ1) is 13.3. The molecule has 108 valence electrons. The van der Waals surface area contributed by atoms with E-state index in [0.29, 0.717) is 23.0 Å². The lowest BCUT2D eigenvalue weighted by Crippen LogP contribution is -2.28. The smallest absolute Gasteiger partial charge is 0.178 e. The van der Waals surface area contributed by atoms with Crippen molar-refractivity contribution in [3.05, 3.63) is 23.9 Å². The summed E-state index contributed by atoms with van der Waals surface area (Å²) in [7, 11) is 0. The van der Waals surface area contributed by atoms with Crippen LogP contribution in [-0.4, -0.2) is 46.2 Å². The molecular formula is C13H16N8. The fourth-order valence-electron chi connectivity index (χ4n) is 2.39. The quantitative estimate of drug-likeness (QED) is 0.793. The van der Waals surface area contributed by atoms with Gasteiger partial charge in [0, 0.05) is 25.8 Å². The van der Waals surface area contributed by atoms with Crippen molar-refractivity contribution in [1.82, 2.24) is 25.3 Å². The lowest BCUT2D eigenvalue weighted by atomic mass is 10.3. The molecule has 1 fully saturated rings. The minimum atomic E-state index is 0.296. The van der Waals surface area contributed by atoms with Crippen molar-refractivity contribution in [3.63, 3.8) is 0 Å². The summed E-state index contributed by atoms with van der Waals surface area (Å²) in [5, 5.41) is 25.0. The van der Waals surface area contributed by atoms with Gasteiger partial charge in [-0.15, -0.1) is 10.2 Å². The summed E-state index contributed by atoms with van der Waals surface area (Å²) in [6.45, 7) is 3.48. The number of anilines is 2. The first-order valence-corrected chi connectivity index (χ1v) is 6.83. The van der Waals surface area contributed by atoms with Gasteiger partial charge in [-0.05, 0) is 25.1 Å². The zero-order valence-electron chi connectivity index (χ0n) is 11.5. The molecule has 0 aromatic carbocycles. The average Bonchev–Trinajstić information content (AvgIpc) is 2.70. The van der Waals surface area contributed by atoms with Gasteiger partial charge in [0.25, 0.3) is 0 Å². The van der Waals surface area contributed by atoms with Gasteiger partial charge in [-0.25, -0.2) is 0 Å². The third kappa shape index (κ3) is 2.51. The number of nitrogen functional groups attached to an aromatic ring is 1. The number of nitriles is 1. The molecule has 0 saturated carbocycles. The maximum Gasteiger partial charge on any atom is 0.178 e. The molecule has 1 aliphatic heterocycles. The minimum Gasteiger partial charge on any atom is -0.382 e. The van der Waals surface area contributed by atoms with Crippen LogP contribution in [0.15, 0.2) is 18.3 Å². The molecule has 0 aliphatic carbocycles. The van der Waals surface area contributed by atoms with Gasteiger partial charge in [-0.3, -0.25) is 0 Å². The maximum atomic E-state index is 9.40.